The van der Waals surface area contributed by atoms with Gasteiger partial charge in [-0.05, 0) is 24.6 Å². The third-order valence-electron chi connectivity index (χ3n) is 2.43. The van der Waals surface area contributed by atoms with Gasteiger partial charge in [-0.25, -0.2) is 0 Å². The topological polar surface area (TPSA) is 74.2 Å². The van der Waals surface area contributed by atoms with Gasteiger partial charge in [0.15, 0.2) is 6.61 Å². The van der Waals surface area contributed by atoms with Gasteiger partial charge in [-0.15, -0.1) is 0 Å². The molecule has 0 aliphatic carbocycles. The fraction of sp³-hybridized carbons (Fsp3) is 0.429. The van der Waals surface area contributed by atoms with Crippen LogP contribution in [0.25, 0.3) is 0 Å². The Kier molecular flexibility index (Phi) is 7.06. The van der Waals surface area contributed by atoms with Crippen LogP contribution in [0.1, 0.15) is 18.9 Å². The van der Waals surface area contributed by atoms with Crippen molar-refractivity contribution in [2.45, 2.75) is 19.9 Å². The van der Waals surface area contributed by atoms with Crippen LogP contribution in [0.3, 0.4) is 0 Å². The van der Waals surface area contributed by atoms with Gasteiger partial charge < -0.3 is 15.4 Å². The largest absolute Gasteiger partial charge is 0.479 e. The lowest BCUT2D eigenvalue weighted by Crippen LogP contribution is -2.27. The van der Waals surface area contributed by atoms with Crippen LogP contribution < -0.4 is 15.4 Å². The molecule has 0 radical (unpaired) electrons. The molecule has 0 unspecified atom stereocenters. The summed E-state index contributed by atoms with van der Waals surface area (Å²) in [5.41, 5.74) is 1.06. The number of ether oxygens (including phenoxy) is 1. The number of amides is 1. The highest BCUT2D eigenvalue weighted by molar-refractivity contribution is 5.75. The van der Waals surface area contributed by atoms with Crippen molar-refractivity contribution in [3.05, 3.63) is 29.8 Å². The quantitative estimate of drug-likeness (QED) is 0.690. The minimum absolute atomic E-state index is 0.0497. The smallest absolute Gasteiger partial charge is 0.221 e. The highest BCUT2D eigenvalue weighted by atomic mass is 16.5. The fourth-order valence-corrected chi connectivity index (χ4v) is 1.58. The number of nitrogens with one attached hydrogen (secondary N) is 2. The summed E-state index contributed by atoms with van der Waals surface area (Å²) in [6.07, 6.45) is 0.471. The Balaban J connectivity index is 2.29. The molecule has 0 aliphatic rings. The van der Waals surface area contributed by atoms with Crippen LogP contribution in [0.5, 0.6) is 5.75 Å². The van der Waals surface area contributed by atoms with Crippen LogP contribution in [0, 0.1) is 11.3 Å². The van der Waals surface area contributed by atoms with Crippen LogP contribution in [0.4, 0.5) is 0 Å². The lowest BCUT2D eigenvalue weighted by Gasteiger charge is -2.07. The van der Waals surface area contributed by atoms with Gasteiger partial charge in [0.25, 0.3) is 0 Å². The second-order valence-corrected chi connectivity index (χ2v) is 3.97. The lowest BCUT2D eigenvalue weighted by molar-refractivity contribution is -0.120. The molecule has 0 saturated heterocycles. The van der Waals surface area contributed by atoms with Crippen molar-refractivity contribution >= 4 is 5.91 Å². The molecule has 5 heteroatoms. The number of carbonyl (C=O) groups excluding carboxylic acids is 1. The van der Waals surface area contributed by atoms with E-state index >= 15 is 0 Å². The molecule has 0 spiro atoms. The molecule has 2 N–H and O–H groups in total. The molecule has 19 heavy (non-hydrogen) atoms. The van der Waals surface area contributed by atoms with E-state index in [1.807, 2.05) is 37.3 Å². The third kappa shape index (κ3) is 6.43. The zero-order chi connectivity index (χ0) is 13.9. The first kappa shape index (κ1) is 15.0. The van der Waals surface area contributed by atoms with Crippen molar-refractivity contribution in [3.8, 4) is 11.8 Å². The number of hydrogen-bond donors (Lipinski definition) is 2. The van der Waals surface area contributed by atoms with E-state index in [4.69, 9.17) is 10.00 Å². The Morgan fingerprint density at radius 1 is 1.47 bits per heavy atom. The minimum Gasteiger partial charge on any atom is -0.479 e. The average Bonchev–Trinajstić information content (AvgIpc) is 2.42. The molecule has 1 rings (SSSR count). The molecule has 0 atom stereocenters. The molecule has 0 heterocycles. The van der Waals surface area contributed by atoms with E-state index in [-0.39, 0.29) is 12.5 Å². The van der Waals surface area contributed by atoms with Gasteiger partial charge in [-0.1, -0.05) is 12.1 Å². The summed E-state index contributed by atoms with van der Waals surface area (Å²) in [7, 11) is 0. The van der Waals surface area contributed by atoms with E-state index in [1.165, 1.54) is 0 Å². The maximum Gasteiger partial charge on any atom is 0.221 e. The zero-order valence-electron chi connectivity index (χ0n) is 11.1. The van der Waals surface area contributed by atoms with Gasteiger partial charge in [-0.3, -0.25) is 4.79 Å². The van der Waals surface area contributed by atoms with Crippen molar-refractivity contribution in [2.75, 3.05) is 19.7 Å². The average molecular weight is 261 g/mol. The molecule has 0 saturated carbocycles. The first-order valence-electron chi connectivity index (χ1n) is 6.32. The standard InChI is InChI=1S/C14H19N3O2/c1-2-17-14(18)6-8-16-11-12-4-3-5-13(10-12)19-9-7-15/h3-5,10,16H,2,6,8-9,11H2,1H3,(H,17,18). The zero-order valence-corrected chi connectivity index (χ0v) is 11.1. The Morgan fingerprint density at radius 3 is 3.05 bits per heavy atom. The van der Waals surface area contributed by atoms with Gasteiger partial charge in [-0.2, -0.15) is 5.26 Å². The lowest BCUT2D eigenvalue weighted by atomic mass is 10.2. The summed E-state index contributed by atoms with van der Waals surface area (Å²) in [5.74, 6) is 0.741. The summed E-state index contributed by atoms with van der Waals surface area (Å²) >= 11 is 0. The van der Waals surface area contributed by atoms with Crippen LogP contribution in [-0.4, -0.2) is 25.6 Å². The van der Waals surface area contributed by atoms with Crippen molar-refractivity contribution in [1.82, 2.24) is 10.6 Å². The molecule has 1 aromatic rings. The number of hydrogen-bond acceptors (Lipinski definition) is 4. The maximum atomic E-state index is 11.2. The van der Waals surface area contributed by atoms with Crippen molar-refractivity contribution < 1.29 is 9.53 Å². The molecule has 0 aromatic heterocycles. The predicted molar refractivity (Wildman–Crippen MR) is 72.6 cm³/mol. The number of nitriles is 1. The van der Waals surface area contributed by atoms with Crippen molar-refractivity contribution in [3.63, 3.8) is 0 Å². The number of nitrogens with zero attached hydrogens (tertiary/aromatic N) is 1. The fourth-order valence-electron chi connectivity index (χ4n) is 1.58. The van der Waals surface area contributed by atoms with Gasteiger partial charge in [0, 0.05) is 26.1 Å². The SMILES string of the molecule is CCNC(=O)CCNCc1cccc(OCC#N)c1. The van der Waals surface area contributed by atoms with E-state index < -0.39 is 0 Å². The van der Waals surface area contributed by atoms with Crippen LogP contribution >= 0.6 is 0 Å². The molecule has 0 aliphatic heterocycles. The highest BCUT2D eigenvalue weighted by Gasteiger charge is 2.00. The molecular weight excluding hydrogens is 242 g/mol. The maximum absolute atomic E-state index is 11.2. The summed E-state index contributed by atoms with van der Waals surface area (Å²) in [4.78, 5) is 11.2. The molecule has 0 fully saturated rings. The van der Waals surface area contributed by atoms with Gasteiger partial charge >= 0.3 is 0 Å². The Hall–Kier alpha value is -2.06. The normalized spacial score (nSPS) is 9.68. The second kappa shape index (κ2) is 8.95. The Labute approximate surface area is 113 Å². The molecular formula is C14H19N3O2. The third-order valence-corrected chi connectivity index (χ3v) is 2.43. The molecule has 102 valence electrons. The van der Waals surface area contributed by atoms with Crippen LogP contribution in [0.2, 0.25) is 0 Å². The molecule has 5 nitrogen and oxygen atoms in total. The van der Waals surface area contributed by atoms with E-state index in [0.29, 0.717) is 31.8 Å². The Morgan fingerprint density at radius 2 is 2.32 bits per heavy atom. The number of rotatable bonds is 8. The highest BCUT2D eigenvalue weighted by Crippen LogP contribution is 2.12. The van der Waals surface area contributed by atoms with E-state index in [1.54, 1.807) is 0 Å². The van der Waals surface area contributed by atoms with Gasteiger partial charge in [0.05, 0.1) is 0 Å². The summed E-state index contributed by atoms with van der Waals surface area (Å²) in [6.45, 7) is 3.92. The van der Waals surface area contributed by atoms with Gasteiger partial charge in [0.2, 0.25) is 5.91 Å². The predicted octanol–water partition coefficient (Wildman–Crippen LogP) is 1.20. The second-order valence-electron chi connectivity index (χ2n) is 3.97. The number of benzene rings is 1. The van der Waals surface area contributed by atoms with E-state index in [0.717, 1.165) is 5.56 Å². The first-order chi connectivity index (χ1) is 9.26. The minimum atomic E-state index is 0.0497. The van der Waals surface area contributed by atoms with Crippen molar-refractivity contribution in [1.29, 1.82) is 5.26 Å². The molecule has 0 bridgehead atoms. The van der Waals surface area contributed by atoms with E-state index in [9.17, 15) is 4.79 Å². The first-order valence-corrected chi connectivity index (χ1v) is 6.32. The van der Waals surface area contributed by atoms with Crippen LogP contribution in [-0.2, 0) is 11.3 Å². The molecule has 1 aromatic carbocycles. The Bertz CT molecular complexity index is 441. The molecule has 1 amide bonds. The van der Waals surface area contributed by atoms with Crippen LogP contribution in [0.15, 0.2) is 24.3 Å². The monoisotopic (exact) mass is 261 g/mol. The summed E-state index contributed by atoms with van der Waals surface area (Å²) in [6, 6.07) is 9.48. The summed E-state index contributed by atoms with van der Waals surface area (Å²) in [5, 5.41) is 14.4. The van der Waals surface area contributed by atoms with Gasteiger partial charge in [0.1, 0.15) is 11.8 Å². The van der Waals surface area contributed by atoms with E-state index in [2.05, 4.69) is 10.6 Å². The number of carbonyl (C=O) groups is 1. The van der Waals surface area contributed by atoms with Crippen molar-refractivity contribution in [2.24, 2.45) is 0 Å². The summed E-state index contributed by atoms with van der Waals surface area (Å²) < 4.78 is 5.22.